The number of para-hydroxylation sites is 3. The number of hydrogen-bond donors (Lipinski definition) is 2. The first-order valence-corrected chi connectivity index (χ1v) is 8.84. The molecule has 144 valence electrons. The largest absolute Gasteiger partial charge is 0.350 e. The Labute approximate surface area is 165 Å². The molecule has 1 aliphatic rings. The van der Waals surface area contributed by atoms with E-state index in [1.54, 1.807) is 36.4 Å². The molecule has 0 aliphatic carbocycles. The van der Waals surface area contributed by atoms with Crippen LogP contribution in [0.25, 0.3) is 0 Å². The molecule has 0 unspecified atom stereocenters. The summed E-state index contributed by atoms with van der Waals surface area (Å²) in [6.45, 7) is -0.159. The second kappa shape index (κ2) is 7.43. The molecule has 0 atom stereocenters. The molecule has 2 N–H and O–H groups in total. The van der Waals surface area contributed by atoms with Gasteiger partial charge in [-0.1, -0.05) is 30.3 Å². The maximum Gasteiger partial charge on any atom is 0.293 e. The summed E-state index contributed by atoms with van der Waals surface area (Å²) in [5.74, 6) is -0.810. The molecule has 0 saturated carbocycles. The number of carbonyl (C=O) groups is 2. The second-order valence-corrected chi connectivity index (χ2v) is 6.44. The van der Waals surface area contributed by atoms with Gasteiger partial charge in [-0.25, -0.2) is 0 Å². The molecule has 8 heteroatoms. The Bertz CT molecular complexity index is 1110. The fourth-order valence-corrected chi connectivity index (χ4v) is 3.17. The van der Waals surface area contributed by atoms with Gasteiger partial charge in [0.25, 0.3) is 11.6 Å². The second-order valence-electron chi connectivity index (χ2n) is 6.44. The van der Waals surface area contributed by atoms with Gasteiger partial charge in [0.15, 0.2) is 0 Å². The van der Waals surface area contributed by atoms with Crippen molar-refractivity contribution >= 4 is 40.3 Å². The number of benzene rings is 3. The fourth-order valence-electron chi connectivity index (χ4n) is 3.17. The van der Waals surface area contributed by atoms with Gasteiger partial charge >= 0.3 is 0 Å². The van der Waals surface area contributed by atoms with E-state index in [1.807, 2.05) is 18.2 Å². The van der Waals surface area contributed by atoms with Crippen LogP contribution in [-0.4, -0.2) is 23.3 Å². The third kappa shape index (κ3) is 3.63. The molecule has 2 amide bonds. The summed E-state index contributed by atoms with van der Waals surface area (Å²) in [5, 5.41) is 17.3. The summed E-state index contributed by atoms with van der Waals surface area (Å²) in [5.41, 5.74) is 1.93. The monoisotopic (exact) mass is 388 g/mol. The summed E-state index contributed by atoms with van der Waals surface area (Å²) in [7, 11) is 0. The van der Waals surface area contributed by atoms with E-state index in [0.29, 0.717) is 17.1 Å². The van der Waals surface area contributed by atoms with Gasteiger partial charge < -0.3 is 10.6 Å². The summed E-state index contributed by atoms with van der Waals surface area (Å²) < 4.78 is 0. The van der Waals surface area contributed by atoms with Gasteiger partial charge in [-0.2, -0.15) is 0 Å². The quantitative estimate of drug-likeness (QED) is 0.520. The van der Waals surface area contributed by atoms with E-state index in [4.69, 9.17) is 0 Å². The molecular weight excluding hydrogens is 372 g/mol. The minimum absolute atomic E-state index is 0.125. The highest BCUT2D eigenvalue weighted by atomic mass is 16.6. The molecule has 8 nitrogen and oxygen atoms in total. The smallest absolute Gasteiger partial charge is 0.293 e. The molecule has 1 aliphatic heterocycles. The van der Waals surface area contributed by atoms with Gasteiger partial charge in [0.2, 0.25) is 5.91 Å². The van der Waals surface area contributed by atoms with Gasteiger partial charge in [-0.3, -0.25) is 24.6 Å². The molecule has 3 aromatic carbocycles. The number of amides is 2. The lowest BCUT2D eigenvalue weighted by Crippen LogP contribution is -2.42. The summed E-state index contributed by atoms with van der Waals surface area (Å²) in [6.07, 6.45) is 0. The Morgan fingerprint density at radius 1 is 1.03 bits per heavy atom. The van der Waals surface area contributed by atoms with Crippen molar-refractivity contribution in [3.8, 4) is 0 Å². The molecule has 0 fully saturated rings. The maximum absolute atomic E-state index is 13.1. The van der Waals surface area contributed by atoms with Crippen LogP contribution in [0.15, 0.2) is 72.8 Å². The van der Waals surface area contributed by atoms with Crippen molar-refractivity contribution in [1.82, 2.24) is 0 Å². The van der Waals surface area contributed by atoms with E-state index in [2.05, 4.69) is 10.6 Å². The Hall–Kier alpha value is -4.20. The molecule has 0 aromatic heterocycles. The van der Waals surface area contributed by atoms with Crippen LogP contribution in [0.4, 0.5) is 28.4 Å². The molecule has 29 heavy (non-hydrogen) atoms. The summed E-state index contributed by atoms with van der Waals surface area (Å²) in [6, 6.07) is 20.2. The highest BCUT2D eigenvalue weighted by molar-refractivity contribution is 6.15. The summed E-state index contributed by atoms with van der Waals surface area (Å²) >= 11 is 0. The van der Waals surface area contributed by atoms with Gasteiger partial charge in [-0.15, -0.1) is 0 Å². The SMILES string of the molecule is O=C1CN(C(=O)c2ccc(Nc3ccccc3)c([N+](=O)[O-])c2)c2ccccc2N1. The molecule has 0 bridgehead atoms. The lowest BCUT2D eigenvalue weighted by molar-refractivity contribution is -0.383. The van der Waals surface area contributed by atoms with Crippen molar-refractivity contribution in [3.63, 3.8) is 0 Å². The maximum atomic E-state index is 13.1. The number of rotatable bonds is 4. The number of nitrogens with one attached hydrogen (secondary N) is 2. The number of anilines is 4. The molecule has 4 rings (SSSR count). The van der Waals surface area contributed by atoms with Gasteiger partial charge in [0.1, 0.15) is 12.2 Å². The predicted octanol–water partition coefficient (Wildman–Crippen LogP) is 3.94. The highest BCUT2D eigenvalue weighted by Crippen LogP contribution is 2.33. The van der Waals surface area contributed by atoms with Crippen LogP contribution in [0.1, 0.15) is 10.4 Å². The Kier molecular flexibility index (Phi) is 4.66. The molecule has 0 saturated heterocycles. The molecule has 0 spiro atoms. The van der Waals surface area contributed by atoms with Crippen molar-refractivity contribution in [3.05, 3.63) is 88.5 Å². The van der Waals surface area contributed by atoms with Crippen LogP contribution in [0, 0.1) is 10.1 Å². The topological polar surface area (TPSA) is 105 Å². The minimum atomic E-state index is -0.543. The summed E-state index contributed by atoms with van der Waals surface area (Å²) in [4.78, 5) is 37.4. The third-order valence-corrected chi connectivity index (χ3v) is 4.51. The van der Waals surface area contributed by atoms with E-state index < -0.39 is 10.8 Å². The Morgan fingerprint density at radius 3 is 2.52 bits per heavy atom. The zero-order valence-corrected chi connectivity index (χ0v) is 15.2. The van der Waals surface area contributed by atoms with Crippen LogP contribution >= 0.6 is 0 Å². The number of nitro groups is 1. The minimum Gasteiger partial charge on any atom is -0.350 e. The van der Waals surface area contributed by atoms with Gasteiger partial charge in [0.05, 0.1) is 16.3 Å². The van der Waals surface area contributed by atoms with Crippen molar-refractivity contribution in [2.24, 2.45) is 0 Å². The normalized spacial score (nSPS) is 12.7. The zero-order valence-electron chi connectivity index (χ0n) is 15.2. The first kappa shape index (κ1) is 18.2. The van der Waals surface area contributed by atoms with Crippen molar-refractivity contribution in [2.45, 2.75) is 0 Å². The average Bonchev–Trinajstić information content (AvgIpc) is 2.73. The Balaban J connectivity index is 1.69. The van der Waals surface area contributed by atoms with E-state index in [1.165, 1.54) is 23.1 Å². The van der Waals surface area contributed by atoms with Crippen molar-refractivity contribution < 1.29 is 14.5 Å². The van der Waals surface area contributed by atoms with Gasteiger partial charge in [0, 0.05) is 17.3 Å². The standard InChI is InChI=1S/C21H16N4O4/c26-20-13-24(18-9-5-4-8-16(18)23-20)21(27)14-10-11-17(19(12-14)25(28)29)22-15-6-2-1-3-7-15/h1-12,22H,13H2,(H,23,26). The first-order valence-electron chi connectivity index (χ1n) is 8.84. The number of nitrogens with zero attached hydrogens (tertiary/aromatic N) is 2. The molecular formula is C21H16N4O4. The number of carbonyl (C=O) groups excluding carboxylic acids is 2. The zero-order chi connectivity index (χ0) is 20.4. The molecule has 3 aromatic rings. The van der Waals surface area contributed by atoms with Crippen LogP contribution < -0.4 is 15.5 Å². The Morgan fingerprint density at radius 2 is 1.76 bits per heavy atom. The van der Waals surface area contributed by atoms with E-state index in [-0.39, 0.29) is 29.4 Å². The molecule has 0 radical (unpaired) electrons. The number of hydrogen-bond acceptors (Lipinski definition) is 5. The first-order chi connectivity index (χ1) is 14.0. The van der Waals surface area contributed by atoms with Gasteiger partial charge in [-0.05, 0) is 36.4 Å². The van der Waals surface area contributed by atoms with Crippen LogP contribution in [0.5, 0.6) is 0 Å². The van der Waals surface area contributed by atoms with Crippen LogP contribution in [0.3, 0.4) is 0 Å². The van der Waals surface area contributed by atoms with E-state index in [0.717, 1.165) is 0 Å². The number of fused-ring (bicyclic) bond motifs is 1. The highest BCUT2D eigenvalue weighted by Gasteiger charge is 2.28. The van der Waals surface area contributed by atoms with Crippen LogP contribution in [0.2, 0.25) is 0 Å². The van der Waals surface area contributed by atoms with Crippen LogP contribution in [-0.2, 0) is 4.79 Å². The number of nitro benzene ring substituents is 1. The van der Waals surface area contributed by atoms with E-state index >= 15 is 0 Å². The predicted molar refractivity (Wildman–Crippen MR) is 110 cm³/mol. The molecule has 1 heterocycles. The lowest BCUT2D eigenvalue weighted by atomic mass is 10.1. The fraction of sp³-hybridized carbons (Fsp3) is 0.0476. The van der Waals surface area contributed by atoms with E-state index in [9.17, 15) is 19.7 Å². The van der Waals surface area contributed by atoms with Crippen molar-refractivity contribution in [1.29, 1.82) is 0 Å². The van der Waals surface area contributed by atoms with Crippen molar-refractivity contribution in [2.75, 3.05) is 22.1 Å². The average molecular weight is 388 g/mol. The third-order valence-electron chi connectivity index (χ3n) is 4.51. The lowest BCUT2D eigenvalue weighted by Gasteiger charge is -2.29.